The van der Waals surface area contributed by atoms with E-state index in [2.05, 4.69) is 45.1 Å². The number of unbranched alkanes of at least 4 members (excludes halogenated alkanes) is 2. The minimum atomic E-state index is 0.354. The number of hydrogen-bond donors (Lipinski definition) is 1. The molecule has 0 fully saturated rings. The molecule has 1 aliphatic carbocycles. The fourth-order valence-corrected chi connectivity index (χ4v) is 4.19. The van der Waals surface area contributed by atoms with Gasteiger partial charge in [0.25, 0.3) is 0 Å². The molecule has 0 amide bonds. The molecule has 3 nitrogen and oxygen atoms in total. The summed E-state index contributed by atoms with van der Waals surface area (Å²) < 4.78 is 0. The minimum Gasteiger partial charge on any atom is -0.351 e. The van der Waals surface area contributed by atoms with Crippen molar-refractivity contribution < 1.29 is 0 Å². The Hall–Kier alpha value is -0.610. The molecule has 1 heterocycles. The molecular weight excluding hydrogens is 266 g/mol. The maximum Gasteiger partial charge on any atom is 0.185 e. The van der Waals surface area contributed by atoms with Crippen molar-refractivity contribution in [1.82, 2.24) is 10.3 Å². The van der Waals surface area contributed by atoms with E-state index in [0.717, 1.165) is 13.0 Å². The van der Waals surface area contributed by atoms with Crippen LogP contribution in [-0.2, 0) is 6.42 Å². The molecule has 1 aliphatic rings. The van der Waals surface area contributed by atoms with Gasteiger partial charge in [-0.05, 0) is 31.7 Å². The van der Waals surface area contributed by atoms with Crippen LogP contribution in [0, 0.1) is 5.41 Å². The van der Waals surface area contributed by atoms with Crippen molar-refractivity contribution in [3.8, 4) is 0 Å². The molecule has 0 radical (unpaired) electrons. The van der Waals surface area contributed by atoms with Gasteiger partial charge in [0.15, 0.2) is 5.13 Å². The Bertz CT molecular complexity index is 439. The van der Waals surface area contributed by atoms with Gasteiger partial charge in [-0.2, -0.15) is 0 Å². The third kappa shape index (κ3) is 3.53. The third-order valence-electron chi connectivity index (χ3n) is 4.21. The van der Waals surface area contributed by atoms with Crippen LogP contribution in [0.2, 0.25) is 0 Å². The number of nitrogens with one attached hydrogen (secondary N) is 1. The third-order valence-corrected chi connectivity index (χ3v) is 5.53. The summed E-state index contributed by atoms with van der Waals surface area (Å²) in [7, 11) is 4.25. The number of aromatic nitrogens is 1. The van der Waals surface area contributed by atoms with Crippen LogP contribution >= 0.6 is 11.3 Å². The zero-order valence-corrected chi connectivity index (χ0v) is 14.4. The number of fused-ring (bicyclic) bond motifs is 1. The van der Waals surface area contributed by atoms with E-state index in [9.17, 15) is 0 Å². The Morgan fingerprint density at radius 2 is 2.15 bits per heavy atom. The van der Waals surface area contributed by atoms with E-state index in [1.165, 1.54) is 41.4 Å². The molecule has 4 heteroatoms. The van der Waals surface area contributed by atoms with Crippen molar-refractivity contribution in [1.29, 1.82) is 0 Å². The van der Waals surface area contributed by atoms with Gasteiger partial charge in [-0.15, -0.1) is 0 Å². The average Bonchev–Trinajstić information content (AvgIpc) is 2.80. The molecule has 0 aromatic carbocycles. The van der Waals surface area contributed by atoms with Crippen LogP contribution < -0.4 is 10.2 Å². The van der Waals surface area contributed by atoms with Crippen molar-refractivity contribution in [2.24, 2.45) is 5.41 Å². The molecule has 0 spiro atoms. The molecular formula is C16H29N3S. The van der Waals surface area contributed by atoms with E-state index >= 15 is 0 Å². The minimum absolute atomic E-state index is 0.354. The summed E-state index contributed by atoms with van der Waals surface area (Å²) in [4.78, 5) is 8.72. The van der Waals surface area contributed by atoms with Crippen molar-refractivity contribution in [3.63, 3.8) is 0 Å². The van der Waals surface area contributed by atoms with Gasteiger partial charge in [-0.3, -0.25) is 0 Å². The summed E-state index contributed by atoms with van der Waals surface area (Å²) in [5.41, 5.74) is 1.68. The average molecular weight is 295 g/mol. The standard InChI is InChI=1S/C16H29N3S/c1-6-7-8-9-19(5)15-18-13-11-16(2,3)10-12(17-4)14(13)20-15/h12,17H,6-11H2,1-5H3. The lowest BCUT2D eigenvalue weighted by Gasteiger charge is -2.34. The molecule has 1 aromatic rings. The van der Waals surface area contributed by atoms with Crippen LogP contribution in [0.25, 0.3) is 0 Å². The second-order valence-electron chi connectivity index (χ2n) is 6.82. The smallest absolute Gasteiger partial charge is 0.185 e. The predicted molar refractivity (Wildman–Crippen MR) is 88.8 cm³/mol. The van der Waals surface area contributed by atoms with Crippen molar-refractivity contribution >= 4 is 16.5 Å². The van der Waals surface area contributed by atoms with Gasteiger partial charge in [0.1, 0.15) is 0 Å². The molecule has 1 unspecified atom stereocenters. The highest BCUT2D eigenvalue weighted by atomic mass is 32.1. The van der Waals surface area contributed by atoms with Gasteiger partial charge >= 0.3 is 0 Å². The lowest BCUT2D eigenvalue weighted by atomic mass is 9.76. The van der Waals surface area contributed by atoms with E-state index in [0.29, 0.717) is 11.5 Å². The summed E-state index contributed by atoms with van der Waals surface area (Å²) in [6.45, 7) is 8.07. The SMILES string of the molecule is CCCCCN(C)c1nc2c(s1)C(NC)CC(C)(C)C2. The molecule has 0 saturated heterocycles. The second-order valence-corrected chi connectivity index (χ2v) is 7.83. The van der Waals surface area contributed by atoms with Crippen LogP contribution in [0.5, 0.6) is 0 Å². The summed E-state index contributed by atoms with van der Waals surface area (Å²) in [5.74, 6) is 0. The number of thiazole rings is 1. The van der Waals surface area contributed by atoms with E-state index in [-0.39, 0.29) is 0 Å². The quantitative estimate of drug-likeness (QED) is 0.804. The first-order valence-corrected chi connectivity index (χ1v) is 8.66. The monoisotopic (exact) mass is 295 g/mol. The fraction of sp³-hybridized carbons (Fsp3) is 0.812. The van der Waals surface area contributed by atoms with E-state index < -0.39 is 0 Å². The highest BCUT2D eigenvalue weighted by Crippen LogP contribution is 2.44. The normalized spacial score (nSPS) is 20.8. The van der Waals surface area contributed by atoms with Crippen molar-refractivity contribution in [2.45, 2.75) is 58.9 Å². The van der Waals surface area contributed by atoms with Gasteiger partial charge in [0, 0.05) is 24.5 Å². The van der Waals surface area contributed by atoms with Gasteiger partial charge in [0.05, 0.1) is 5.69 Å². The Balaban J connectivity index is 2.13. The summed E-state index contributed by atoms with van der Waals surface area (Å²) >= 11 is 1.89. The van der Waals surface area contributed by atoms with Crippen LogP contribution in [0.15, 0.2) is 0 Å². The maximum atomic E-state index is 4.93. The first-order chi connectivity index (χ1) is 9.46. The molecule has 20 heavy (non-hydrogen) atoms. The summed E-state index contributed by atoms with van der Waals surface area (Å²) in [6.07, 6.45) is 6.16. The molecule has 2 rings (SSSR count). The zero-order chi connectivity index (χ0) is 14.8. The molecule has 1 N–H and O–H groups in total. The number of anilines is 1. The van der Waals surface area contributed by atoms with Crippen LogP contribution in [-0.4, -0.2) is 25.6 Å². The van der Waals surface area contributed by atoms with Gasteiger partial charge < -0.3 is 10.2 Å². The Morgan fingerprint density at radius 1 is 1.40 bits per heavy atom. The molecule has 1 aromatic heterocycles. The second kappa shape index (κ2) is 6.44. The number of nitrogens with zero attached hydrogens (tertiary/aromatic N) is 2. The highest BCUT2D eigenvalue weighted by molar-refractivity contribution is 7.15. The van der Waals surface area contributed by atoms with Crippen LogP contribution in [0.3, 0.4) is 0 Å². The molecule has 114 valence electrons. The molecule has 1 atom stereocenters. The number of hydrogen-bond acceptors (Lipinski definition) is 4. The zero-order valence-electron chi connectivity index (χ0n) is 13.6. The van der Waals surface area contributed by atoms with E-state index in [1.54, 1.807) is 0 Å². The topological polar surface area (TPSA) is 28.2 Å². The van der Waals surface area contributed by atoms with Crippen molar-refractivity contribution in [2.75, 3.05) is 25.5 Å². The maximum absolute atomic E-state index is 4.93. The Labute approximate surface area is 127 Å². The summed E-state index contributed by atoms with van der Waals surface area (Å²) in [5, 5.41) is 4.67. The fourth-order valence-electron chi connectivity index (χ4n) is 3.01. The van der Waals surface area contributed by atoms with Gasteiger partial charge in [0.2, 0.25) is 0 Å². The van der Waals surface area contributed by atoms with E-state index in [4.69, 9.17) is 4.98 Å². The lowest BCUT2D eigenvalue weighted by molar-refractivity contribution is 0.265. The molecule has 0 aliphatic heterocycles. The summed E-state index contributed by atoms with van der Waals surface area (Å²) in [6, 6.07) is 0.476. The Kier molecular flexibility index (Phi) is 5.08. The van der Waals surface area contributed by atoms with Crippen LogP contribution in [0.4, 0.5) is 5.13 Å². The predicted octanol–water partition coefficient (Wildman–Crippen LogP) is 4.00. The van der Waals surface area contributed by atoms with E-state index in [1.807, 2.05) is 11.3 Å². The van der Waals surface area contributed by atoms with Gasteiger partial charge in [-0.1, -0.05) is 44.9 Å². The Morgan fingerprint density at radius 3 is 2.80 bits per heavy atom. The van der Waals surface area contributed by atoms with Crippen molar-refractivity contribution in [3.05, 3.63) is 10.6 Å². The molecule has 0 bridgehead atoms. The molecule has 0 saturated carbocycles. The largest absolute Gasteiger partial charge is 0.351 e. The number of rotatable bonds is 6. The lowest BCUT2D eigenvalue weighted by Crippen LogP contribution is -2.30. The highest BCUT2D eigenvalue weighted by Gasteiger charge is 2.34. The first-order valence-electron chi connectivity index (χ1n) is 7.85. The van der Waals surface area contributed by atoms with Gasteiger partial charge in [-0.25, -0.2) is 4.98 Å². The van der Waals surface area contributed by atoms with Crippen LogP contribution in [0.1, 0.15) is 63.1 Å². The first kappa shape index (κ1) is 15.8.